The number of morpholine rings is 1. The van der Waals surface area contributed by atoms with Gasteiger partial charge in [0.15, 0.2) is 0 Å². The van der Waals surface area contributed by atoms with Gasteiger partial charge in [-0.2, -0.15) is 0 Å². The minimum absolute atomic E-state index is 0.148. The fourth-order valence-electron chi connectivity index (χ4n) is 3.97. The van der Waals surface area contributed by atoms with Crippen LogP contribution in [0.3, 0.4) is 0 Å². The third-order valence-electron chi connectivity index (χ3n) is 5.19. The average molecular weight is 396 g/mol. The van der Waals surface area contributed by atoms with Gasteiger partial charge in [-0.05, 0) is 44.1 Å². The van der Waals surface area contributed by atoms with Crippen LogP contribution in [0, 0.1) is 5.92 Å². The molecule has 0 aliphatic carbocycles. The second-order valence-corrected chi connectivity index (χ2v) is 8.41. The molecule has 8 heteroatoms. The van der Waals surface area contributed by atoms with E-state index in [4.69, 9.17) is 9.47 Å². The SMILES string of the molecule is COC(=O)c1sccc1NC(=O)N1CCC(CN2C[C@@H](C)O[C@H](C)C2)CC1. The van der Waals surface area contributed by atoms with E-state index in [0.717, 1.165) is 45.6 Å². The van der Waals surface area contributed by atoms with Gasteiger partial charge in [0.25, 0.3) is 0 Å². The maximum absolute atomic E-state index is 12.6. The van der Waals surface area contributed by atoms with E-state index in [1.165, 1.54) is 18.4 Å². The monoisotopic (exact) mass is 395 g/mol. The molecule has 2 fully saturated rings. The van der Waals surface area contributed by atoms with Crippen LogP contribution in [0.2, 0.25) is 0 Å². The van der Waals surface area contributed by atoms with Crippen LogP contribution in [-0.2, 0) is 9.47 Å². The number of carbonyl (C=O) groups excluding carboxylic acids is 2. The number of esters is 1. The van der Waals surface area contributed by atoms with Gasteiger partial charge >= 0.3 is 12.0 Å². The van der Waals surface area contributed by atoms with Crippen molar-refractivity contribution in [2.45, 2.75) is 38.9 Å². The van der Waals surface area contributed by atoms with Crippen LogP contribution in [0.25, 0.3) is 0 Å². The van der Waals surface area contributed by atoms with E-state index >= 15 is 0 Å². The van der Waals surface area contributed by atoms with E-state index < -0.39 is 5.97 Å². The molecule has 2 aliphatic rings. The predicted octanol–water partition coefficient (Wildman–Crippen LogP) is 2.89. The number of thiophene rings is 1. The first-order valence-electron chi connectivity index (χ1n) is 9.55. The van der Waals surface area contributed by atoms with Crippen molar-refractivity contribution in [3.8, 4) is 0 Å². The number of hydrogen-bond donors (Lipinski definition) is 1. The van der Waals surface area contributed by atoms with E-state index in [0.29, 0.717) is 16.5 Å². The molecule has 150 valence electrons. The van der Waals surface area contributed by atoms with Gasteiger partial charge in [0.05, 0.1) is 25.0 Å². The number of methoxy groups -OCH3 is 1. The number of nitrogens with zero attached hydrogens (tertiary/aromatic N) is 2. The molecule has 1 N–H and O–H groups in total. The van der Waals surface area contributed by atoms with Gasteiger partial charge in [-0.1, -0.05) is 0 Å². The fraction of sp³-hybridized carbons (Fsp3) is 0.684. The number of ether oxygens (including phenoxy) is 2. The zero-order valence-corrected chi connectivity index (χ0v) is 17.1. The molecule has 0 spiro atoms. The van der Waals surface area contributed by atoms with Crippen molar-refractivity contribution in [3.05, 3.63) is 16.3 Å². The largest absolute Gasteiger partial charge is 0.465 e. The minimum Gasteiger partial charge on any atom is -0.465 e. The summed E-state index contributed by atoms with van der Waals surface area (Å²) < 4.78 is 10.6. The predicted molar refractivity (Wildman–Crippen MR) is 105 cm³/mol. The van der Waals surface area contributed by atoms with Crippen LogP contribution >= 0.6 is 11.3 Å². The molecule has 2 saturated heterocycles. The molecule has 3 heterocycles. The van der Waals surface area contributed by atoms with E-state index in [1.807, 2.05) is 4.90 Å². The highest BCUT2D eigenvalue weighted by atomic mass is 32.1. The molecule has 2 aliphatic heterocycles. The van der Waals surface area contributed by atoms with Crippen molar-refractivity contribution in [2.75, 3.05) is 45.2 Å². The topological polar surface area (TPSA) is 71.1 Å². The third-order valence-corrected chi connectivity index (χ3v) is 6.09. The number of urea groups is 1. The number of piperidine rings is 1. The first-order valence-corrected chi connectivity index (χ1v) is 10.4. The van der Waals surface area contributed by atoms with Crippen LogP contribution in [0.1, 0.15) is 36.4 Å². The summed E-state index contributed by atoms with van der Waals surface area (Å²) in [6.07, 6.45) is 2.57. The Morgan fingerprint density at radius 2 is 1.93 bits per heavy atom. The normalized spacial score (nSPS) is 24.6. The van der Waals surface area contributed by atoms with E-state index in [2.05, 4.69) is 24.1 Å². The van der Waals surface area contributed by atoms with Gasteiger partial charge in [-0.3, -0.25) is 4.90 Å². The molecule has 0 saturated carbocycles. The second-order valence-electron chi connectivity index (χ2n) is 7.49. The Hall–Kier alpha value is -1.64. The minimum atomic E-state index is -0.423. The van der Waals surface area contributed by atoms with Crippen LogP contribution < -0.4 is 5.32 Å². The van der Waals surface area contributed by atoms with Gasteiger partial charge in [0.2, 0.25) is 0 Å². The first kappa shape index (κ1) is 20.1. The summed E-state index contributed by atoms with van der Waals surface area (Å²) in [6, 6.07) is 1.59. The molecule has 1 aromatic rings. The van der Waals surface area contributed by atoms with Crippen molar-refractivity contribution in [1.29, 1.82) is 0 Å². The van der Waals surface area contributed by atoms with Crippen LogP contribution in [0.5, 0.6) is 0 Å². The summed E-state index contributed by atoms with van der Waals surface area (Å²) in [7, 11) is 1.34. The van der Waals surface area contributed by atoms with Gasteiger partial charge in [-0.25, -0.2) is 9.59 Å². The number of rotatable bonds is 4. The van der Waals surface area contributed by atoms with Crippen LogP contribution in [-0.4, -0.2) is 73.8 Å². The number of anilines is 1. The first-order chi connectivity index (χ1) is 13.0. The van der Waals surface area contributed by atoms with E-state index in [9.17, 15) is 9.59 Å². The molecular formula is C19H29N3O4S. The maximum atomic E-state index is 12.6. The standard InChI is InChI=1S/C19H29N3O4S/c1-13-10-21(11-14(2)26-13)12-15-4-7-22(8-5-15)19(24)20-16-6-9-27-17(16)18(23)25-3/h6,9,13-15H,4-5,7-8,10-12H2,1-3H3,(H,20,24)/t13-,14-/m1/s1. The Bertz CT molecular complexity index is 647. The molecule has 1 aromatic heterocycles. The summed E-state index contributed by atoms with van der Waals surface area (Å²) in [5.74, 6) is 0.186. The fourth-order valence-corrected chi connectivity index (χ4v) is 4.74. The van der Waals surface area contributed by atoms with Crippen molar-refractivity contribution >= 4 is 29.0 Å². The number of carbonyl (C=O) groups is 2. The number of likely N-dealkylation sites (tertiary alicyclic amines) is 1. The summed E-state index contributed by atoms with van der Waals surface area (Å²) in [6.45, 7) is 8.78. The zero-order valence-electron chi connectivity index (χ0n) is 16.3. The highest BCUT2D eigenvalue weighted by Gasteiger charge is 2.28. The highest BCUT2D eigenvalue weighted by molar-refractivity contribution is 7.12. The number of amides is 2. The summed E-state index contributed by atoms with van der Waals surface area (Å²) in [4.78, 5) is 29.0. The van der Waals surface area contributed by atoms with Gasteiger partial charge in [-0.15, -0.1) is 11.3 Å². The van der Waals surface area contributed by atoms with Gasteiger partial charge < -0.3 is 19.7 Å². The summed E-state index contributed by atoms with van der Waals surface area (Å²) in [5.41, 5.74) is 0.523. The second kappa shape index (κ2) is 9.03. The van der Waals surface area contributed by atoms with Gasteiger partial charge in [0, 0.05) is 32.7 Å². The Morgan fingerprint density at radius 3 is 2.56 bits per heavy atom. The Kier molecular flexibility index (Phi) is 6.73. The van der Waals surface area contributed by atoms with Gasteiger partial charge in [0.1, 0.15) is 4.88 Å². The Labute approximate surface area is 164 Å². The lowest BCUT2D eigenvalue weighted by Crippen LogP contribution is -2.49. The molecular weight excluding hydrogens is 366 g/mol. The lowest BCUT2D eigenvalue weighted by molar-refractivity contribution is -0.0728. The molecule has 27 heavy (non-hydrogen) atoms. The molecule has 0 bridgehead atoms. The Morgan fingerprint density at radius 1 is 1.26 bits per heavy atom. The summed E-state index contributed by atoms with van der Waals surface area (Å²) >= 11 is 1.27. The molecule has 2 amide bonds. The molecule has 0 unspecified atom stereocenters. The Balaban J connectivity index is 1.47. The third kappa shape index (κ3) is 5.21. The number of nitrogens with one attached hydrogen (secondary N) is 1. The molecule has 0 radical (unpaired) electrons. The quantitative estimate of drug-likeness (QED) is 0.794. The van der Waals surface area contributed by atoms with Crippen LogP contribution in [0.15, 0.2) is 11.4 Å². The lowest BCUT2D eigenvalue weighted by Gasteiger charge is -2.39. The van der Waals surface area contributed by atoms with Crippen molar-refractivity contribution < 1.29 is 19.1 Å². The van der Waals surface area contributed by atoms with Crippen LogP contribution in [0.4, 0.5) is 10.5 Å². The van der Waals surface area contributed by atoms with Crippen molar-refractivity contribution in [2.24, 2.45) is 5.92 Å². The highest BCUT2D eigenvalue weighted by Crippen LogP contribution is 2.25. The molecule has 3 rings (SSSR count). The smallest absolute Gasteiger partial charge is 0.350 e. The molecule has 0 aromatic carbocycles. The molecule has 2 atom stereocenters. The van der Waals surface area contributed by atoms with Crippen molar-refractivity contribution in [1.82, 2.24) is 9.80 Å². The number of hydrogen-bond acceptors (Lipinski definition) is 6. The average Bonchev–Trinajstić information content (AvgIpc) is 3.09. The molecule has 7 nitrogen and oxygen atoms in total. The lowest BCUT2D eigenvalue weighted by atomic mass is 9.96. The zero-order chi connectivity index (χ0) is 19.4. The maximum Gasteiger partial charge on any atom is 0.350 e. The van der Waals surface area contributed by atoms with E-state index in [1.54, 1.807) is 11.4 Å². The van der Waals surface area contributed by atoms with Crippen molar-refractivity contribution in [3.63, 3.8) is 0 Å². The summed E-state index contributed by atoms with van der Waals surface area (Å²) in [5, 5.41) is 4.63. The van der Waals surface area contributed by atoms with E-state index in [-0.39, 0.29) is 18.2 Å².